The van der Waals surface area contributed by atoms with Gasteiger partial charge in [-0.3, -0.25) is 9.52 Å². The average molecular weight is 692 g/mol. The van der Waals surface area contributed by atoms with Gasteiger partial charge in [-0.25, -0.2) is 4.21 Å². The van der Waals surface area contributed by atoms with E-state index < -0.39 is 9.71 Å². The first-order valence-corrected chi connectivity index (χ1v) is 19.4. The van der Waals surface area contributed by atoms with Gasteiger partial charge in [0.15, 0.2) is 0 Å². The lowest BCUT2D eigenvalue weighted by Gasteiger charge is -2.46. The maximum atomic E-state index is 13.7. The number of aryl methyl sites for hydroxylation is 3. The zero-order valence-corrected chi connectivity index (χ0v) is 29.7. The van der Waals surface area contributed by atoms with E-state index in [0.717, 1.165) is 78.7 Å². The second-order valence-electron chi connectivity index (χ2n) is 14.3. The summed E-state index contributed by atoms with van der Waals surface area (Å²) in [6.45, 7) is 8.30. The van der Waals surface area contributed by atoms with Crippen LogP contribution in [0, 0.1) is 25.7 Å². The molecule has 2 aliphatic carbocycles. The number of amides is 1. The SMILES string of the molecule is C=S1(=O)NC(=O)c2ccc3c(c2)N(C[C@@H]2CC[C@H]2[C@@H](OCc2c(C)noc2C)/C=C/CC[C@H]1C)C[C@@]1(CCCc2cc(Cl)ccc21)CO3. The summed E-state index contributed by atoms with van der Waals surface area (Å²) in [5.41, 5.74) is 5.56. The van der Waals surface area contributed by atoms with Crippen molar-refractivity contribution < 1.29 is 23.0 Å². The molecule has 256 valence electrons. The molecule has 1 spiro atoms. The van der Waals surface area contributed by atoms with Crippen LogP contribution in [0.3, 0.4) is 0 Å². The van der Waals surface area contributed by atoms with E-state index in [4.69, 9.17) is 25.6 Å². The van der Waals surface area contributed by atoms with Crippen LogP contribution >= 0.6 is 11.6 Å². The molecule has 6 atom stereocenters. The minimum Gasteiger partial charge on any atom is -0.490 e. The van der Waals surface area contributed by atoms with Gasteiger partial charge >= 0.3 is 0 Å². The Hall–Kier alpha value is -3.27. The van der Waals surface area contributed by atoms with Gasteiger partial charge in [-0.2, -0.15) is 0 Å². The van der Waals surface area contributed by atoms with E-state index >= 15 is 0 Å². The van der Waals surface area contributed by atoms with Crippen LogP contribution in [-0.4, -0.2) is 52.2 Å². The van der Waals surface area contributed by atoms with Crippen LogP contribution in [0.25, 0.3) is 0 Å². The molecule has 2 aromatic carbocycles. The Morgan fingerprint density at radius 1 is 1.19 bits per heavy atom. The van der Waals surface area contributed by atoms with E-state index in [9.17, 15) is 9.00 Å². The molecule has 10 heteroatoms. The highest BCUT2D eigenvalue weighted by molar-refractivity contribution is 7.99. The zero-order chi connectivity index (χ0) is 33.6. The van der Waals surface area contributed by atoms with Gasteiger partial charge < -0.3 is 18.9 Å². The highest BCUT2D eigenvalue weighted by Gasteiger charge is 2.44. The summed E-state index contributed by atoms with van der Waals surface area (Å²) in [5, 5.41) is 4.58. The summed E-state index contributed by atoms with van der Waals surface area (Å²) in [6, 6.07) is 11.9. The van der Waals surface area contributed by atoms with Crippen molar-refractivity contribution in [3.63, 3.8) is 0 Å². The van der Waals surface area contributed by atoms with Gasteiger partial charge in [0.05, 0.1) is 40.4 Å². The fourth-order valence-electron chi connectivity index (χ4n) is 8.07. The van der Waals surface area contributed by atoms with Crippen molar-refractivity contribution in [2.24, 2.45) is 11.8 Å². The molecule has 2 aliphatic heterocycles. The molecule has 4 aliphatic rings. The molecule has 8 nitrogen and oxygen atoms in total. The second-order valence-corrected chi connectivity index (χ2v) is 17.2. The lowest BCUT2D eigenvalue weighted by molar-refractivity contribution is -0.0231. The molecule has 7 rings (SSSR count). The summed E-state index contributed by atoms with van der Waals surface area (Å²) < 4.78 is 35.2. The molecular weight excluding hydrogens is 646 g/mol. The first-order chi connectivity index (χ1) is 23.0. The Balaban J connectivity index is 1.27. The molecule has 3 heterocycles. The first kappa shape index (κ1) is 33.2. The quantitative estimate of drug-likeness (QED) is 0.231. The summed E-state index contributed by atoms with van der Waals surface area (Å²) in [4.78, 5) is 16.0. The van der Waals surface area contributed by atoms with Crippen molar-refractivity contribution in [3.8, 4) is 5.75 Å². The van der Waals surface area contributed by atoms with Crippen molar-refractivity contribution >= 4 is 38.8 Å². The van der Waals surface area contributed by atoms with Crippen LogP contribution in [0.15, 0.2) is 53.1 Å². The standard InChI is InChI=1S/C38H46ClN3O5S/c1-24-8-5-6-10-35(45-21-32-25(2)40-47-26(32)3)31-14-11-29(31)20-42-22-38(17-7-9-27-18-30(39)13-15-33(27)38)23-46-36-16-12-28(19-34(36)42)37(43)41-48(24,4)44/h6,10,12-13,15-16,18-19,24,29,31,35H,4-5,7-9,11,14,17,20-23H2,1-3H3,(H,41,43,44)/b10-6+/t24-,29+,31-,35+,38+,48?/m1/s1. The topological polar surface area (TPSA) is 93.9 Å². The van der Waals surface area contributed by atoms with Crippen molar-refractivity contribution in [1.29, 1.82) is 0 Å². The lowest BCUT2D eigenvalue weighted by atomic mass is 9.68. The van der Waals surface area contributed by atoms with Crippen molar-refractivity contribution in [2.45, 2.75) is 89.1 Å². The van der Waals surface area contributed by atoms with E-state index in [2.05, 4.69) is 44.9 Å². The number of anilines is 1. The summed E-state index contributed by atoms with van der Waals surface area (Å²) in [7, 11) is -2.90. The van der Waals surface area contributed by atoms with E-state index in [0.29, 0.717) is 43.5 Å². The fourth-order valence-corrected chi connectivity index (χ4v) is 9.41. The number of hydrogen-bond donors (Lipinski definition) is 1. The third-order valence-electron chi connectivity index (χ3n) is 11.2. The molecule has 1 saturated carbocycles. The molecule has 1 amide bonds. The molecule has 48 heavy (non-hydrogen) atoms. The van der Waals surface area contributed by atoms with E-state index in [1.165, 1.54) is 11.1 Å². The largest absolute Gasteiger partial charge is 0.490 e. The third-order valence-corrected chi connectivity index (χ3v) is 13.5. The van der Waals surface area contributed by atoms with E-state index in [1.807, 2.05) is 39.0 Å². The number of halogens is 1. The maximum Gasteiger partial charge on any atom is 0.262 e. The van der Waals surface area contributed by atoms with Crippen LogP contribution in [0.5, 0.6) is 5.75 Å². The predicted octanol–water partition coefficient (Wildman–Crippen LogP) is 7.13. The normalized spacial score (nSPS) is 31.1. The van der Waals surface area contributed by atoms with Crippen LogP contribution in [0.1, 0.15) is 84.0 Å². The third kappa shape index (κ3) is 6.41. The van der Waals surface area contributed by atoms with Crippen LogP contribution in [-0.2, 0) is 32.9 Å². The Morgan fingerprint density at radius 3 is 2.81 bits per heavy atom. The van der Waals surface area contributed by atoms with E-state index in [1.54, 1.807) is 6.07 Å². The van der Waals surface area contributed by atoms with Crippen LogP contribution < -0.4 is 14.4 Å². The smallest absolute Gasteiger partial charge is 0.262 e. The van der Waals surface area contributed by atoms with Crippen molar-refractivity contribution in [2.75, 3.05) is 24.6 Å². The Bertz CT molecular complexity index is 1820. The number of nitrogens with one attached hydrogen (secondary N) is 1. The average Bonchev–Trinajstić information content (AvgIpc) is 3.28. The van der Waals surface area contributed by atoms with Crippen LogP contribution in [0.4, 0.5) is 5.69 Å². The first-order valence-electron chi connectivity index (χ1n) is 17.2. The van der Waals surface area contributed by atoms with Crippen LogP contribution in [0.2, 0.25) is 5.02 Å². The molecule has 1 unspecified atom stereocenters. The minimum absolute atomic E-state index is 0.0926. The maximum absolute atomic E-state index is 13.7. The molecule has 1 aromatic heterocycles. The molecular formula is C38H46ClN3O5S. The Kier molecular flexibility index (Phi) is 9.15. The van der Waals surface area contributed by atoms with Gasteiger partial charge in [-0.1, -0.05) is 35.0 Å². The lowest BCUT2D eigenvalue weighted by Crippen LogP contribution is -2.49. The van der Waals surface area contributed by atoms with Gasteiger partial charge in [0.2, 0.25) is 0 Å². The Morgan fingerprint density at radius 2 is 2.04 bits per heavy atom. The van der Waals surface area contributed by atoms with Crippen molar-refractivity contribution in [1.82, 2.24) is 9.88 Å². The van der Waals surface area contributed by atoms with Gasteiger partial charge in [-0.05, 0) is 125 Å². The summed E-state index contributed by atoms with van der Waals surface area (Å²) >= 11 is 6.47. The van der Waals surface area contributed by atoms with Gasteiger partial charge in [0.1, 0.15) is 11.5 Å². The highest BCUT2D eigenvalue weighted by Crippen LogP contribution is 2.47. The zero-order valence-electron chi connectivity index (χ0n) is 28.1. The number of nitrogens with zero attached hydrogens (tertiary/aromatic N) is 2. The molecule has 0 radical (unpaired) electrons. The number of hydrogen-bond acceptors (Lipinski definition) is 7. The molecule has 1 N–H and O–H groups in total. The van der Waals surface area contributed by atoms with Crippen molar-refractivity contribution in [3.05, 3.63) is 87.3 Å². The monoisotopic (exact) mass is 691 g/mol. The number of fused-ring (bicyclic) bond motifs is 4. The van der Waals surface area contributed by atoms with Gasteiger partial charge in [-0.15, -0.1) is 0 Å². The summed E-state index contributed by atoms with van der Waals surface area (Å²) in [5.74, 6) is 5.83. The number of ether oxygens (including phenoxy) is 2. The number of benzene rings is 2. The number of rotatable bonds is 3. The second kappa shape index (κ2) is 13.2. The predicted molar refractivity (Wildman–Crippen MR) is 192 cm³/mol. The number of aromatic nitrogens is 1. The van der Waals surface area contributed by atoms with Gasteiger partial charge in [0, 0.05) is 39.9 Å². The highest BCUT2D eigenvalue weighted by atomic mass is 35.5. The minimum atomic E-state index is -2.90. The summed E-state index contributed by atoms with van der Waals surface area (Å²) in [6.07, 6.45) is 10.8. The van der Waals surface area contributed by atoms with Gasteiger partial charge in [0.25, 0.3) is 5.91 Å². The molecule has 0 saturated heterocycles. The molecule has 3 aromatic rings. The fraction of sp³-hybridized carbons (Fsp3) is 0.500. The number of carbonyl (C=O) groups is 1. The molecule has 1 fully saturated rings. The molecule has 2 bridgehead atoms. The number of carbonyl (C=O) groups excluding carboxylic acids is 1. The Labute approximate surface area is 289 Å². The number of allylic oxidation sites excluding steroid dienone is 1. The van der Waals surface area contributed by atoms with E-state index in [-0.39, 0.29) is 22.7 Å².